The lowest BCUT2D eigenvalue weighted by Crippen LogP contribution is -1.94. The van der Waals surface area contributed by atoms with Crippen molar-refractivity contribution in [3.05, 3.63) is 158 Å². The Morgan fingerprint density at radius 3 is 1.70 bits per heavy atom. The average Bonchev–Trinajstić information content (AvgIpc) is 3.30. The molecular formula is C36H27N. The third kappa shape index (κ3) is 4.11. The highest BCUT2D eigenvalue weighted by atomic mass is 15.0. The standard InChI is InChI=1S/C36H27N/c1-3-11-26(4-2)30-18-22-35-33(24-30)34-25-31(28-14-9-6-10-15-28)19-23-36(34)37(35)32-20-16-29(17-21-32)27-12-7-5-8-13-27/h3-25H,1-2H2/b26-11+. The Kier molecular flexibility index (Phi) is 5.88. The Bertz CT molecular complexity index is 1770. The van der Waals surface area contributed by atoms with E-state index in [0.29, 0.717) is 0 Å². The van der Waals surface area contributed by atoms with Gasteiger partial charge in [0.25, 0.3) is 0 Å². The molecular weight excluding hydrogens is 446 g/mol. The Labute approximate surface area is 218 Å². The number of nitrogens with zero attached hydrogens (tertiary/aromatic N) is 1. The molecule has 5 aromatic carbocycles. The lowest BCUT2D eigenvalue weighted by molar-refractivity contribution is 1.18. The maximum Gasteiger partial charge on any atom is 0.0541 e. The molecule has 6 rings (SSSR count). The molecule has 0 unspecified atom stereocenters. The molecule has 1 nitrogen and oxygen atoms in total. The van der Waals surface area contributed by atoms with Crippen LogP contribution in [0.3, 0.4) is 0 Å². The zero-order valence-corrected chi connectivity index (χ0v) is 20.6. The second-order valence-electron chi connectivity index (χ2n) is 9.14. The Morgan fingerprint density at radius 2 is 1.08 bits per heavy atom. The van der Waals surface area contributed by atoms with Gasteiger partial charge in [0.05, 0.1) is 11.0 Å². The van der Waals surface area contributed by atoms with Crippen LogP contribution in [0.4, 0.5) is 0 Å². The van der Waals surface area contributed by atoms with Crippen molar-refractivity contribution < 1.29 is 0 Å². The van der Waals surface area contributed by atoms with Crippen LogP contribution in [0, 0.1) is 0 Å². The number of fused-ring (bicyclic) bond motifs is 3. The van der Waals surface area contributed by atoms with Gasteiger partial charge in [0.2, 0.25) is 0 Å². The van der Waals surface area contributed by atoms with E-state index in [1.807, 2.05) is 18.2 Å². The molecule has 0 saturated heterocycles. The minimum absolute atomic E-state index is 1.06. The maximum absolute atomic E-state index is 4.02. The van der Waals surface area contributed by atoms with Crippen molar-refractivity contribution in [3.63, 3.8) is 0 Å². The summed E-state index contributed by atoms with van der Waals surface area (Å²) >= 11 is 0. The highest BCUT2D eigenvalue weighted by molar-refractivity contribution is 6.11. The van der Waals surface area contributed by atoms with Crippen molar-refractivity contribution >= 4 is 27.4 Å². The smallest absolute Gasteiger partial charge is 0.0541 e. The van der Waals surface area contributed by atoms with Gasteiger partial charge in [-0.1, -0.05) is 116 Å². The fourth-order valence-electron chi connectivity index (χ4n) is 5.13. The molecule has 0 aliphatic rings. The van der Waals surface area contributed by atoms with Gasteiger partial charge in [0, 0.05) is 16.5 Å². The van der Waals surface area contributed by atoms with Crippen molar-refractivity contribution in [3.8, 4) is 27.9 Å². The zero-order chi connectivity index (χ0) is 25.2. The van der Waals surface area contributed by atoms with Gasteiger partial charge >= 0.3 is 0 Å². The summed E-state index contributed by atoms with van der Waals surface area (Å²) in [5.74, 6) is 0. The summed E-state index contributed by atoms with van der Waals surface area (Å²) in [6.45, 7) is 7.89. The van der Waals surface area contributed by atoms with Gasteiger partial charge in [0.1, 0.15) is 0 Å². The fourth-order valence-corrected chi connectivity index (χ4v) is 5.13. The number of allylic oxidation sites excluding steroid dienone is 4. The first kappa shape index (κ1) is 22.6. The van der Waals surface area contributed by atoms with Crippen LogP contribution < -0.4 is 0 Å². The van der Waals surface area contributed by atoms with E-state index in [4.69, 9.17) is 0 Å². The average molecular weight is 474 g/mol. The molecule has 0 amide bonds. The predicted octanol–water partition coefficient (Wildman–Crippen LogP) is 9.87. The summed E-state index contributed by atoms with van der Waals surface area (Å²) in [5.41, 5.74) is 10.6. The van der Waals surface area contributed by atoms with E-state index in [1.165, 1.54) is 44.1 Å². The quantitative estimate of drug-likeness (QED) is 0.212. The lowest BCUT2D eigenvalue weighted by Gasteiger charge is -2.10. The fraction of sp³-hybridized carbons (Fsp3) is 0. The largest absolute Gasteiger partial charge is 0.309 e. The number of aromatic nitrogens is 1. The van der Waals surface area contributed by atoms with Gasteiger partial charge in [-0.2, -0.15) is 0 Å². The summed E-state index contributed by atoms with van der Waals surface area (Å²) in [5, 5.41) is 2.45. The summed E-state index contributed by atoms with van der Waals surface area (Å²) in [6.07, 6.45) is 5.71. The molecule has 0 aliphatic carbocycles. The monoisotopic (exact) mass is 473 g/mol. The van der Waals surface area contributed by atoms with Crippen molar-refractivity contribution in [2.45, 2.75) is 0 Å². The van der Waals surface area contributed by atoms with E-state index in [0.717, 1.165) is 16.8 Å². The first-order valence-electron chi connectivity index (χ1n) is 12.5. The van der Waals surface area contributed by atoms with Gasteiger partial charge in [0.15, 0.2) is 0 Å². The summed E-state index contributed by atoms with van der Waals surface area (Å²) < 4.78 is 2.36. The third-order valence-corrected chi connectivity index (χ3v) is 6.96. The number of benzene rings is 5. The van der Waals surface area contributed by atoms with Crippen molar-refractivity contribution in [1.29, 1.82) is 0 Å². The van der Waals surface area contributed by atoms with Crippen LogP contribution in [0.5, 0.6) is 0 Å². The SMILES string of the molecule is C=C/C=C(\C=C)c1ccc2c(c1)c1cc(-c3ccccc3)ccc1n2-c1ccc(-c2ccccc2)cc1. The second-order valence-corrected chi connectivity index (χ2v) is 9.14. The molecule has 0 spiro atoms. The minimum Gasteiger partial charge on any atom is -0.309 e. The van der Waals surface area contributed by atoms with Crippen molar-refractivity contribution in [2.24, 2.45) is 0 Å². The molecule has 1 heterocycles. The predicted molar refractivity (Wildman–Crippen MR) is 160 cm³/mol. The molecule has 0 atom stereocenters. The van der Waals surface area contributed by atoms with E-state index in [9.17, 15) is 0 Å². The molecule has 0 saturated carbocycles. The van der Waals surface area contributed by atoms with Gasteiger partial charge in [-0.05, 0) is 69.8 Å². The van der Waals surface area contributed by atoms with Gasteiger partial charge < -0.3 is 4.57 Å². The second kappa shape index (κ2) is 9.64. The molecule has 0 bridgehead atoms. The first-order chi connectivity index (χ1) is 18.3. The van der Waals surface area contributed by atoms with Crippen molar-refractivity contribution in [1.82, 2.24) is 4.57 Å². The summed E-state index contributed by atoms with van der Waals surface area (Å²) in [6, 6.07) is 43.4. The van der Waals surface area contributed by atoms with E-state index >= 15 is 0 Å². The van der Waals surface area contributed by atoms with Gasteiger partial charge in [-0.15, -0.1) is 0 Å². The topological polar surface area (TPSA) is 4.93 Å². The molecule has 37 heavy (non-hydrogen) atoms. The van der Waals surface area contributed by atoms with E-state index in [1.54, 1.807) is 0 Å². The highest BCUT2D eigenvalue weighted by Gasteiger charge is 2.15. The Morgan fingerprint density at radius 1 is 0.541 bits per heavy atom. The Hall–Kier alpha value is -4.88. The number of rotatable bonds is 6. The highest BCUT2D eigenvalue weighted by Crippen LogP contribution is 2.37. The normalized spacial score (nSPS) is 11.6. The van der Waals surface area contributed by atoms with Crippen LogP contribution in [0.2, 0.25) is 0 Å². The molecule has 1 aromatic heterocycles. The maximum atomic E-state index is 4.02. The van der Waals surface area contributed by atoms with Crippen molar-refractivity contribution in [2.75, 3.05) is 0 Å². The molecule has 0 aliphatic heterocycles. The molecule has 6 aromatic rings. The molecule has 0 N–H and O–H groups in total. The van der Waals surface area contributed by atoms with Crippen LogP contribution in [0.25, 0.3) is 55.3 Å². The Balaban J connectivity index is 1.58. The molecule has 0 fully saturated rings. The van der Waals surface area contributed by atoms with E-state index in [-0.39, 0.29) is 0 Å². The summed E-state index contributed by atoms with van der Waals surface area (Å²) in [4.78, 5) is 0. The first-order valence-corrected chi connectivity index (χ1v) is 12.5. The third-order valence-electron chi connectivity index (χ3n) is 6.96. The van der Waals surface area contributed by atoms with Crippen LogP contribution in [-0.2, 0) is 0 Å². The number of hydrogen-bond donors (Lipinski definition) is 0. The lowest BCUT2D eigenvalue weighted by atomic mass is 10.00. The van der Waals surface area contributed by atoms with E-state index < -0.39 is 0 Å². The zero-order valence-electron chi connectivity index (χ0n) is 20.6. The number of hydrogen-bond acceptors (Lipinski definition) is 0. The van der Waals surface area contributed by atoms with Crippen LogP contribution in [0.15, 0.2) is 153 Å². The van der Waals surface area contributed by atoms with Crippen LogP contribution >= 0.6 is 0 Å². The van der Waals surface area contributed by atoms with Crippen LogP contribution in [-0.4, -0.2) is 4.57 Å². The minimum atomic E-state index is 1.06. The van der Waals surface area contributed by atoms with Crippen LogP contribution in [0.1, 0.15) is 5.56 Å². The molecule has 176 valence electrons. The summed E-state index contributed by atoms with van der Waals surface area (Å²) in [7, 11) is 0. The van der Waals surface area contributed by atoms with Gasteiger partial charge in [-0.25, -0.2) is 0 Å². The molecule has 0 radical (unpaired) electrons. The van der Waals surface area contributed by atoms with E-state index in [2.05, 4.69) is 139 Å². The van der Waals surface area contributed by atoms with Gasteiger partial charge in [-0.3, -0.25) is 0 Å². The molecule has 1 heteroatoms.